The lowest BCUT2D eigenvalue weighted by molar-refractivity contribution is -0.917. The summed E-state index contributed by atoms with van der Waals surface area (Å²) in [4.78, 5) is 1.46. The second kappa shape index (κ2) is 5.71. The van der Waals surface area contributed by atoms with Crippen LogP contribution >= 0.6 is 0 Å². The molecule has 0 spiro atoms. The van der Waals surface area contributed by atoms with Gasteiger partial charge in [-0.1, -0.05) is 12.1 Å². The second-order valence-electron chi connectivity index (χ2n) is 4.84. The highest BCUT2D eigenvalue weighted by molar-refractivity contribution is 5.23. The summed E-state index contributed by atoms with van der Waals surface area (Å²) >= 11 is 0. The van der Waals surface area contributed by atoms with Crippen molar-refractivity contribution in [1.82, 2.24) is 0 Å². The number of hydrogen-bond donors (Lipinski definition) is 2. The molecule has 0 radical (unpaired) electrons. The fourth-order valence-electron chi connectivity index (χ4n) is 2.35. The van der Waals surface area contributed by atoms with Gasteiger partial charge in [0.1, 0.15) is 19.6 Å². The van der Waals surface area contributed by atoms with Crippen molar-refractivity contribution in [2.24, 2.45) is 0 Å². The van der Waals surface area contributed by atoms with Crippen molar-refractivity contribution < 1.29 is 23.4 Å². The van der Waals surface area contributed by atoms with Gasteiger partial charge in [0, 0.05) is 12.0 Å². The van der Waals surface area contributed by atoms with E-state index in [1.54, 1.807) is 12.1 Å². The van der Waals surface area contributed by atoms with E-state index in [0.29, 0.717) is 0 Å². The number of nitrogens with one attached hydrogen (secondary N) is 1. The molecule has 1 aliphatic heterocycles. The zero-order valence-corrected chi connectivity index (χ0v) is 10.3. The van der Waals surface area contributed by atoms with Gasteiger partial charge >= 0.3 is 6.18 Å². The summed E-state index contributed by atoms with van der Waals surface area (Å²) in [6.45, 7) is 5.29. The lowest BCUT2D eigenvalue weighted by Gasteiger charge is -2.16. The molecular weight excluding hydrogens is 241 g/mol. The average Bonchev–Trinajstić information content (AvgIpc) is 2.57. The minimum absolute atomic E-state index is 0.564. The van der Waals surface area contributed by atoms with Crippen LogP contribution in [-0.2, 0) is 12.7 Å². The SMILES string of the molecule is FC(F)(F)c1ccc(C[NH+]2CCC[NH2+]CC2)cc1. The highest BCUT2D eigenvalue weighted by Crippen LogP contribution is 2.28. The lowest BCUT2D eigenvalue weighted by atomic mass is 10.1. The molecule has 5 heteroatoms. The zero-order chi connectivity index (χ0) is 13.0. The fourth-order valence-corrected chi connectivity index (χ4v) is 2.35. The summed E-state index contributed by atoms with van der Waals surface area (Å²) in [5.74, 6) is 0. The van der Waals surface area contributed by atoms with E-state index in [2.05, 4.69) is 5.32 Å². The van der Waals surface area contributed by atoms with Crippen LogP contribution < -0.4 is 10.2 Å². The Kier molecular flexibility index (Phi) is 4.24. The number of benzene rings is 1. The Bertz CT molecular complexity index is 365. The van der Waals surface area contributed by atoms with Crippen molar-refractivity contribution in [2.45, 2.75) is 19.1 Å². The Morgan fingerprint density at radius 2 is 1.78 bits per heavy atom. The van der Waals surface area contributed by atoms with Crippen molar-refractivity contribution >= 4 is 0 Å². The minimum atomic E-state index is -4.23. The van der Waals surface area contributed by atoms with Crippen molar-refractivity contribution in [3.8, 4) is 0 Å². The van der Waals surface area contributed by atoms with Gasteiger partial charge in [0.2, 0.25) is 0 Å². The van der Waals surface area contributed by atoms with Crippen LogP contribution in [0, 0.1) is 0 Å². The predicted molar refractivity (Wildman–Crippen MR) is 62.1 cm³/mol. The summed E-state index contributed by atoms with van der Waals surface area (Å²) in [6.07, 6.45) is -3.06. The number of hydrogen-bond acceptors (Lipinski definition) is 0. The van der Waals surface area contributed by atoms with Crippen molar-refractivity contribution in [3.63, 3.8) is 0 Å². The van der Waals surface area contributed by atoms with E-state index in [4.69, 9.17) is 0 Å². The van der Waals surface area contributed by atoms with E-state index >= 15 is 0 Å². The maximum atomic E-state index is 12.4. The third-order valence-electron chi connectivity index (χ3n) is 3.38. The van der Waals surface area contributed by atoms with Gasteiger partial charge < -0.3 is 10.2 Å². The van der Waals surface area contributed by atoms with Gasteiger partial charge in [0.15, 0.2) is 0 Å². The molecule has 1 heterocycles. The van der Waals surface area contributed by atoms with E-state index in [0.717, 1.165) is 38.3 Å². The monoisotopic (exact) mass is 260 g/mol. The summed E-state index contributed by atoms with van der Waals surface area (Å²) in [7, 11) is 0. The predicted octanol–water partition coefficient (Wildman–Crippen LogP) is 0.0574. The first kappa shape index (κ1) is 13.4. The molecule has 2 rings (SSSR count). The fraction of sp³-hybridized carbons (Fsp3) is 0.538. The lowest BCUT2D eigenvalue weighted by Crippen LogP contribution is -3.12. The molecule has 2 nitrogen and oxygen atoms in total. The van der Waals surface area contributed by atoms with Gasteiger partial charge in [0.05, 0.1) is 18.7 Å². The van der Waals surface area contributed by atoms with E-state index in [-0.39, 0.29) is 0 Å². The number of nitrogens with two attached hydrogens (primary N) is 1. The maximum Gasteiger partial charge on any atom is 0.416 e. The Morgan fingerprint density at radius 1 is 1.06 bits per heavy atom. The Morgan fingerprint density at radius 3 is 2.44 bits per heavy atom. The third kappa shape index (κ3) is 3.71. The largest absolute Gasteiger partial charge is 0.416 e. The van der Waals surface area contributed by atoms with Gasteiger partial charge in [0.25, 0.3) is 0 Å². The third-order valence-corrected chi connectivity index (χ3v) is 3.38. The first-order valence-corrected chi connectivity index (χ1v) is 6.37. The standard InChI is InChI=1S/C13H17F3N2/c14-13(15,16)12-4-2-11(3-5-12)10-18-8-1-6-17-7-9-18/h2-5,17H,1,6-10H2/p+2. The quantitative estimate of drug-likeness (QED) is 0.750. The molecule has 1 aromatic rings. The Balaban J connectivity index is 1.97. The topological polar surface area (TPSA) is 21.1 Å². The van der Waals surface area contributed by atoms with Crippen LogP contribution in [0.5, 0.6) is 0 Å². The number of alkyl halides is 3. The number of halogens is 3. The molecule has 1 saturated heterocycles. The number of quaternary nitrogens is 2. The first-order valence-electron chi connectivity index (χ1n) is 6.37. The molecule has 1 aliphatic rings. The molecule has 0 aliphatic carbocycles. The van der Waals surface area contributed by atoms with Gasteiger partial charge in [-0.25, -0.2) is 0 Å². The molecule has 1 unspecified atom stereocenters. The van der Waals surface area contributed by atoms with Crippen LogP contribution in [0.3, 0.4) is 0 Å². The van der Waals surface area contributed by atoms with Crippen LogP contribution in [0.4, 0.5) is 13.2 Å². The summed E-state index contributed by atoms with van der Waals surface area (Å²) in [5, 5.41) is 2.31. The zero-order valence-electron chi connectivity index (χ0n) is 10.3. The van der Waals surface area contributed by atoms with Gasteiger partial charge in [-0.15, -0.1) is 0 Å². The highest BCUT2D eigenvalue weighted by atomic mass is 19.4. The Labute approximate surface area is 105 Å². The van der Waals surface area contributed by atoms with Crippen LogP contribution in [0.15, 0.2) is 24.3 Å². The molecule has 1 aromatic carbocycles. The van der Waals surface area contributed by atoms with Gasteiger partial charge in [-0.2, -0.15) is 13.2 Å². The van der Waals surface area contributed by atoms with Gasteiger partial charge in [-0.3, -0.25) is 0 Å². The van der Waals surface area contributed by atoms with Crippen LogP contribution in [0.2, 0.25) is 0 Å². The van der Waals surface area contributed by atoms with Gasteiger partial charge in [-0.05, 0) is 12.1 Å². The summed E-state index contributed by atoms with van der Waals surface area (Å²) < 4.78 is 37.3. The van der Waals surface area contributed by atoms with E-state index in [1.165, 1.54) is 23.5 Å². The molecular formula is C13H19F3N2+2. The minimum Gasteiger partial charge on any atom is -0.341 e. The van der Waals surface area contributed by atoms with E-state index in [9.17, 15) is 13.2 Å². The molecule has 1 atom stereocenters. The maximum absolute atomic E-state index is 12.4. The second-order valence-corrected chi connectivity index (χ2v) is 4.84. The molecule has 0 amide bonds. The molecule has 100 valence electrons. The summed E-state index contributed by atoms with van der Waals surface area (Å²) in [5.41, 5.74) is 0.422. The molecule has 0 bridgehead atoms. The van der Waals surface area contributed by atoms with Crippen LogP contribution in [-0.4, -0.2) is 26.2 Å². The van der Waals surface area contributed by atoms with Crippen LogP contribution in [0.25, 0.3) is 0 Å². The first-order chi connectivity index (χ1) is 8.55. The molecule has 1 fully saturated rings. The highest BCUT2D eigenvalue weighted by Gasteiger charge is 2.30. The number of rotatable bonds is 2. The molecule has 0 aromatic heterocycles. The Hall–Kier alpha value is -1.07. The average molecular weight is 260 g/mol. The molecule has 18 heavy (non-hydrogen) atoms. The van der Waals surface area contributed by atoms with Crippen molar-refractivity contribution in [2.75, 3.05) is 26.2 Å². The van der Waals surface area contributed by atoms with Crippen LogP contribution in [0.1, 0.15) is 17.5 Å². The molecule has 0 saturated carbocycles. The van der Waals surface area contributed by atoms with E-state index < -0.39 is 11.7 Å². The smallest absolute Gasteiger partial charge is 0.341 e. The summed E-state index contributed by atoms with van der Waals surface area (Å²) in [6, 6.07) is 5.56. The van der Waals surface area contributed by atoms with E-state index in [1.807, 2.05) is 0 Å². The normalized spacial score (nSPS) is 21.6. The van der Waals surface area contributed by atoms with Crippen molar-refractivity contribution in [3.05, 3.63) is 35.4 Å². The van der Waals surface area contributed by atoms with Crippen molar-refractivity contribution in [1.29, 1.82) is 0 Å². The molecule has 3 N–H and O–H groups in total.